The summed E-state index contributed by atoms with van der Waals surface area (Å²) in [5.74, 6) is 0. The molecule has 0 aliphatic carbocycles. The van der Waals surface area contributed by atoms with Gasteiger partial charge in [-0.05, 0) is 20.8 Å². The Kier molecular flexibility index (Phi) is 0.539. The van der Waals surface area contributed by atoms with Crippen LogP contribution in [0.25, 0.3) is 0 Å². The molecule has 1 nitrogen and oxygen atoms in total. The highest BCUT2D eigenvalue weighted by molar-refractivity contribution is 5.04. The highest BCUT2D eigenvalue weighted by Gasteiger charge is 2.40. The lowest BCUT2D eigenvalue weighted by molar-refractivity contribution is 0.757. The standard InChI is InChI=1S/C5H11N/c1-4-5(2,3)6-4/h4,6H,1-3H3/t4-/m0/s1. The van der Waals surface area contributed by atoms with E-state index >= 15 is 0 Å². The van der Waals surface area contributed by atoms with Crippen LogP contribution in [0.5, 0.6) is 0 Å². The van der Waals surface area contributed by atoms with Gasteiger partial charge in [0, 0.05) is 11.6 Å². The third-order valence-electron chi connectivity index (χ3n) is 1.59. The molecule has 1 aliphatic rings. The van der Waals surface area contributed by atoms with E-state index in [4.69, 9.17) is 0 Å². The monoisotopic (exact) mass is 85.1 g/mol. The van der Waals surface area contributed by atoms with Crippen molar-refractivity contribution in [3.8, 4) is 0 Å². The summed E-state index contributed by atoms with van der Waals surface area (Å²) in [6, 6.07) is 0.748. The van der Waals surface area contributed by atoms with Gasteiger partial charge in [0.15, 0.2) is 0 Å². The van der Waals surface area contributed by atoms with Crippen LogP contribution in [-0.2, 0) is 0 Å². The first-order valence-electron chi connectivity index (χ1n) is 2.40. The van der Waals surface area contributed by atoms with Crippen molar-refractivity contribution in [1.29, 1.82) is 0 Å². The van der Waals surface area contributed by atoms with Gasteiger partial charge >= 0.3 is 0 Å². The van der Waals surface area contributed by atoms with E-state index in [1.54, 1.807) is 0 Å². The van der Waals surface area contributed by atoms with E-state index < -0.39 is 0 Å². The zero-order valence-corrected chi connectivity index (χ0v) is 4.58. The molecule has 1 aliphatic heterocycles. The number of hydrogen-bond donors (Lipinski definition) is 1. The molecule has 1 N–H and O–H groups in total. The third kappa shape index (κ3) is 0.432. The molecule has 0 aromatic heterocycles. The van der Waals surface area contributed by atoms with E-state index in [9.17, 15) is 0 Å². The Morgan fingerprint density at radius 3 is 1.67 bits per heavy atom. The second-order valence-corrected chi connectivity index (χ2v) is 2.59. The average molecular weight is 85.1 g/mol. The quantitative estimate of drug-likeness (QED) is 0.431. The van der Waals surface area contributed by atoms with Gasteiger partial charge in [-0.1, -0.05) is 0 Å². The predicted molar refractivity (Wildman–Crippen MR) is 26.7 cm³/mol. The van der Waals surface area contributed by atoms with Gasteiger partial charge in [0.1, 0.15) is 0 Å². The van der Waals surface area contributed by atoms with Crippen LogP contribution >= 0.6 is 0 Å². The van der Waals surface area contributed by atoms with Crippen molar-refractivity contribution >= 4 is 0 Å². The van der Waals surface area contributed by atoms with Crippen LogP contribution in [0.2, 0.25) is 0 Å². The van der Waals surface area contributed by atoms with E-state index in [0.717, 1.165) is 6.04 Å². The summed E-state index contributed by atoms with van der Waals surface area (Å²) < 4.78 is 0. The summed E-state index contributed by atoms with van der Waals surface area (Å²) in [6.07, 6.45) is 0. The minimum Gasteiger partial charge on any atom is -0.306 e. The van der Waals surface area contributed by atoms with Crippen LogP contribution in [0.3, 0.4) is 0 Å². The van der Waals surface area contributed by atoms with Gasteiger partial charge in [0.25, 0.3) is 0 Å². The molecule has 6 heavy (non-hydrogen) atoms. The van der Waals surface area contributed by atoms with Crippen LogP contribution < -0.4 is 5.32 Å². The van der Waals surface area contributed by atoms with Crippen molar-refractivity contribution in [2.24, 2.45) is 0 Å². The SMILES string of the molecule is C[C@@H]1NC1(C)C. The third-order valence-corrected chi connectivity index (χ3v) is 1.59. The molecule has 0 unspecified atom stereocenters. The molecule has 36 valence electrons. The van der Waals surface area contributed by atoms with Crippen LogP contribution in [0, 0.1) is 0 Å². The fourth-order valence-electron chi connectivity index (χ4n) is 0.516. The molecule has 0 spiro atoms. The Morgan fingerprint density at radius 2 is 1.67 bits per heavy atom. The summed E-state index contributed by atoms with van der Waals surface area (Å²) in [5.41, 5.74) is 0.458. The molecule has 0 radical (unpaired) electrons. The van der Waals surface area contributed by atoms with Crippen LogP contribution in [0.4, 0.5) is 0 Å². The fourth-order valence-corrected chi connectivity index (χ4v) is 0.516. The predicted octanol–water partition coefficient (Wildman–Crippen LogP) is 0.757. The Morgan fingerprint density at radius 1 is 1.50 bits per heavy atom. The Labute approximate surface area is 38.7 Å². The van der Waals surface area contributed by atoms with Crippen molar-refractivity contribution in [3.63, 3.8) is 0 Å². The van der Waals surface area contributed by atoms with Crippen LogP contribution in [0.1, 0.15) is 20.8 Å². The lowest BCUT2D eigenvalue weighted by Gasteiger charge is -1.88. The van der Waals surface area contributed by atoms with Crippen molar-refractivity contribution in [2.45, 2.75) is 32.4 Å². The summed E-state index contributed by atoms with van der Waals surface area (Å²) in [4.78, 5) is 0. The van der Waals surface area contributed by atoms with Gasteiger partial charge in [0.2, 0.25) is 0 Å². The van der Waals surface area contributed by atoms with Crippen molar-refractivity contribution in [3.05, 3.63) is 0 Å². The van der Waals surface area contributed by atoms with Crippen LogP contribution in [0.15, 0.2) is 0 Å². The van der Waals surface area contributed by atoms with E-state index in [2.05, 4.69) is 26.1 Å². The summed E-state index contributed by atoms with van der Waals surface area (Å²) in [6.45, 7) is 6.61. The molecular formula is C5H11N. The number of nitrogens with one attached hydrogen (secondary N) is 1. The first-order chi connectivity index (χ1) is 2.63. The van der Waals surface area contributed by atoms with Gasteiger partial charge in [-0.25, -0.2) is 0 Å². The molecule has 0 amide bonds. The lowest BCUT2D eigenvalue weighted by Crippen LogP contribution is -2.00. The van der Waals surface area contributed by atoms with E-state index in [0.29, 0.717) is 5.54 Å². The minimum absolute atomic E-state index is 0.458. The van der Waals surface area contributed by atoms with Crippen molar-refractivity contribution in [2.75, 3.05) is 0 Å². The second kappa shape index (κ2) is 0.784. The maximum absolute atomic E-state index is 3.27. The van der Waals surface area contributed by atoms with E-state index in [-0.39, 0.29) is 0 Å². The minimum atomic E-state index is 0.458. The van der Waals surface area contributed by atoms with Gasteiger partial charge in [-0.3, -0.25) is 0 Å². The van der Waals surface area contributed by atoms with E-state index in [1.165, 1.54) is 0 Å². The molecule has 1 fully saturated rings. The molecule has 1 atom stereocenters. The zero-order chi connectivity index (χ0) is 4.78. The molecule has 1 saturated heterocycles. The van der Waals surface area contributed by atoms with E-state index in [1.807, 2.05) is 0 Å². The topological polar surface area (TPSA) is 21.9 Å². The highest BCUT2D eigenvalue weighted by atomic mass is 15.2. The Bertz CT molecular complexity index is 66.3. The molecule has 1 rings (SSSR count). The zero-order valence-electron chi connectivity index (χ0n) is 4.58. The first-order valence-corrected chi connectivity index (χ1v) is 2.40. The molecular weight excluding hydrogens is 74.1 g/mol. The molecule has 0 aromatic carbocycles. The Hall–Kier alpha value is -0.0400. The Balaban J connectivity index is 2.41. The summed E-state index contributed by atoms with van der Waals surface area (Å²) >= 11 is 0. The van der Waals surface area contributed by atoms with Gasteiger partial charge < -0.3 is 5.32 Å². The largest absolute Gasteiger partial charge is 0.306 e. The molecule has 0 saturated carbocycles. The maximum Gasteiger partial charge on any atom is 0.0278 e. The maximum atomic E-state index is 3.27. The van der Waals surface area contributed by atoms with Crippen molar-refractivity contribution in [1.82, 2.24) is 5.32 Å². The lowest BCUT2D eigenvalue weighted by atomic mass is 10.2. The van der Waals surface area contributed by atoms with Gasteiger partial charge in [0.05, 0.1) is 0 Å². The van der Waals surface area contributed by atoms with Crippen LogP contribution in [-0.4, -0.2) is 11.6 Å². The van der Waals surface area contributed by atoms with Crippen molar-refractivity contribution < 1.29 is 0 Å². The molecule has 1 heteroatoms. The summed E-state index contributed by atoms with van der Waals surface area (Å²) in [7, 11) is 0. The number of rotatable bonds is 0. The highest BCUT2D eigenvalue weighted by Crippen LogP contribution is 2.22. The molecule has 0 bridgehead atoms. The normalized spacial score (nSPS) is 39.5. The first kappa shape index (κ1) is 4.13. The summed E-state index contributed by atoms with van der Waals surface area (Å²) in [5, 5.41) is 3.27. The number of hydrogen-bond acceptors (Lipinski definition) is 1. The van der Waals surface area contributed by atoms with Gasteiger partial charge in [-0.2, -0.15) is 0 Å². The average Bonchev–Trinajstić information content (AvgIpc) is 1.73. The van der Waals surface area contributed by atoms with Gasteiger partial charge in [-0.15, -0.1) is 0 Å². The smallest absolute Gasteiger partial charge is 0.0278 e. The molecule has 1 heterocycles. The fraction of sp³-hybridized carbons (Fsp3) is 1.00. The second-order valence-electron chi connectivity index (χ2n) is 2.59. The molecule has 0 aromatic rings.